The summed E-state index contributed by atoms with van der Waals surface area (Å²) in [4.78, 5) is 38.3. The lowest BCUT2D eigenvalue weighted by molar-refractivity contribution is -0.234. The molecule has 4 aliphatic rings. The number of carbonyl (C=O) groups is 3. The van der Waals surface area contributed by atoms with Crippen molar-refractivity contribution in [3.05, 3.63) is 23.8 Å². The molecule has 0 spiro atoms. The first-order valence-corrected chi connectivity index (χ1v) is 13.1. The van der Waals surface area contributed by atoms with Crippen LogP contribution in [0.25, 0.3) is 0 Å². The molecule has 7 heteroatoms. The Bertz CT molecular complexity index is 972. The van der Waals surface area contributed by atoms with Gasteiger partial charge in [-0.3, -0.25) is 14.4 Å². The quantitative estimate of drug-likeness (QED) is 0.546. The van der Waals surface area contributed by atoms with Gasteiger partial charge in [-0.25, -0.2) is 4.39 Å². The van der Waals surface area contributed by atoms with Gasteiger partial charge in [-0.2, -0.15) is 0 Å². The largest absolute Gasteiger partial charge is 0.457 e. The summed E-state index contributed by atoms with van der Waals surface area (Å²) in [5.74, 6) is -2.70. The number of carbonyl (C=O) groups excluding carboxylic acids is 3. The summed E-state index contributed by atoms with van der Waals surface area (Å²) in [6, 6.07) is 0. The van der Waals surface area contributed by atoms with Gasteiger partial charge in [0.05, 0.1) is 6.10 Å². The minimum absolute atomic E-state index is 0.00789. The van der Waals surface area contributed by atoms with Crippen LogP contribution in [0.15, 0.2) is 23.8 Å². The fraction of sp³-hybridized carbons (Fsp3) is 0.750. The molecule has 35 heavy (non-hydrogen) atoms. The molecule has 0 aliphatic heterocycles. The van der Waals surface area contributed by atoms with Crippen LogP contribution in [0.3, 0.4) is 0 Å². The number of esters is 2. The summed E-state index contributed by atoms with van der Waals surface area (Å²) < 4.78 is 28.6. The molecule has 4 rings (SSSR count). The van der Waals surface area contributed by atoms with Gasteiger partial charge < -0.3 is 14.6 Å². The van der Waals surface area contributed by atoms with Crippen molar-refractivity contribution in [2.24, 2.45) is 28.6 Å². The smallest absolute Gasteiger partial charge is 0.306 e. The normalized spacial score (nSPS) is 43.9. The average Bonchev–Trinajstić information content (AvgIpc) is 3.04. The van der Waals surface area contributed by atoms with Crippen LogP contribution in [0.1, 0.15) is 79.6 Å². The number of rotatable bonds is 6. The van der Waals surface area contributed by atoms with Gasteiger partial charge in [0, 0.05) is 35.5 Å². The number of Topliss-reactive ketones (excluding diaryl/α,β-unsaturated/α-hetero) is 1. The molecule has 1 N–H and O–H groups in total. The predicted octanol–water partition coefficient (Wildman–Crippen LogP) is 4.64. The lowest BCUT2D eigenvalue weighted by Crippen LogP contribution is -2.70. The van der Waals surface area contributed by atoms with Crippen LogP contribution >= 0.6 is 0 Å². The summed E-state index contributed by atoms with van der Waals surface area (Å²) >= 11 is 0. The first kappa shape index (κ1) is 26.1. The van der Waals surface area contributed by atoms with Crippen molar-refractivity contribution in [2.45, 2.75) is 96.9 Å². The molecule has 0 aromatic heterocycles. The van der Waals surface area contributed by atoms with Crippen molar-refractivity contribution < 1.29 is 33.4 Å². The van der Waals surface area contributed by atoms with E-state index in [4.69, 9.17) is 9.47 Å². The first-order chi connectivity index (χ1) is 16.4. The predicted molar refractivity (Wildman–Crippen MR) is 128 cm³/mol. The van der Waals surface area contributed by atoms with Crippen molar-refractivity contribution >= 4 is 17.7 Å². The summed E-state index contributed by atoms with van der Waals surface area (Å²) in [5.41, 5.74) is -4.23. The molecule has 0 heterocycles. The van der Waals surface area contributed by atoms with Gasteiger partial charge in [-0.05, 0) is 38.0 Å². The molecule has 0 bridgehead atoms. The molecule has 8 atom stereocenters. The lowest BCUT2D eigenvalue weighted by atomic mass is 9.44. The monoisotopic (exact) mass is 490 g/mol. The number of hydrogen-bond donors (Lipinski definition) is 1. The van der Waals surface area contributed by atoms with Crippen molar-refractivity contribution in [2.75, 3.05) is 6.61 Å². The van der Waals surface area contributed by atoms with Gasteiger partial charge in [0.1, 0.15) is 5.67 Å². The van der Waals surface area contributed by atoms with Gasteiger partial charge in [0.15, 0.2) is 12.2 Å². The van der Waals surface area contributed by atoms with E-state index in [1.165, 1.54) is 0 Å². The third kappa shape index (κ3) is 3.40. The van der Waals surface area contributed by atoms with Crippen molar-refractivity contribution in [3.63, 3.8) is 0 Å². The molecule has 3 fully saturated rings. The Balaban J connectivity index is 1.79. The maximum atomic E-state index is 17.4. The topological polar surface area (TPSA) is 89.9 Å². The van der Waals surface area contributed by atoms with E-state index in [9.17, 15) is 19.5 Å². The zero-order chi connectivity index (χ0) is 25.8. The molecular weight excluding hydrogens is 451 g/mol. The number of aliphatic hydroxyl groups excluding tert-OH is 1. The molecule has 194 valence electrons. The van der Waals surface area contributed by atoms with Gasteiger partial charge in [-0.15, -0.1) is 0 Å². The van der Waals surface area contributed by atoms with Crippen LogP contribution in [-0.2, 0) is 23.9 Å². The SMILES string of the molecule is CCC(=O)OCC(=O)[C@@]1(OC(=O)CC)[C@H](C)C[C@H]2[C@@H]3CCC4=CC=CC[C@]4(C)[C@@]3(F)[C@@H](O)C[C@@]21C. The van der Waals surface area contributed by atoms with Gasteiger partial charge in [-0.1, -0.05) is 58.4 Å². The number of ketones is 1. The number of allylic oxidation sites excluding steroid dienone is 4. The highest BCUT2D eigenvalue weighted by Crippen LogP contribution is 2.71. The van der Waals surface area contributed by atoms with Crippen LogP contribution in [0.5, 0.6) is 0 Å². The van der Waals surface area contributed by atoms with Crippen LogP contribution in [-0.4, -0.2) is 46.8 Å². The summed E-state index contributed by atoms with van der Waals surface area (Å²) in [6.45, 7) is 8.43. The Hall–Kier alpha value is -2.02. The van der Waals surface area contributed by atoms with Crippen molar-refractivity contribution in [1.29, 1.82) is 0 Å². The van der Waals surface area contributed by atoms with E-state index in [-0.39, 0.29) is 25.2 Å². The zero-order valence-electron chi connectivity index (χ0n) is 21.6. The van der Waals surface area contributed by atoms with E-state index in [1.807, 2.05) is 39.0 Å². The Kier molecular flexibility index (Phi) is 6.57. The third-order valence-electron chi connectivity index (χ3n) is 9.97. The Labute approximate surface area is 207 Å². The maximum absolute atomic E-state index is 17.4. The summed E-state index contributed by atoms with van der Waals surface area (Å²) in [5, 5.41) is 11.6. The molecule has 0 radical (unpaired) electrons. The van der Waals surface area contributed by atoms with E-state index in [0.717, 1.165) is 12.0 Å². The average molecular weight is 491 g/mol. The minimum Gasteiger partial charge on any atom is -0.457 e. The number of fused-ring (bicyclic) bond motifs is 5. The minimum atomic E-state index is -1.85. The molecule has 0 amide bonds. The number of aliphatic hydroxyl groups is 1. The highest BCUT2D eigenvalue weighted by Gasteiger charge is 2.77. The maximum Gasteiger partial charge on any atom is 0.306 e. The Morgan fingerprint density at radius 2 is 1.83 bits per heavy atom. The zero-order valence-corrected chi connectivity index (χ0v) is 21.6. The standard InChI is InChI=1S/C28H39FO6/c1-6-23(32)34-16-22(31)28(35-24(33)7-2)17(3)14-20-19-12-11-18-10-8-9-13-25(18,4)27(19,29)21(30)15-26(20,28)5/h8-10,17,19-21,30H,6-7,11-16H2,1-5H3/t17-,19+,20+,21+,25+,26+,27+,28+/m1/s1. The highest BCUT2D eigenvalue weighted by atomic mass is 19.1. The van der Waals surface area contributed by atoms with Gasteiger partial charge in [0.2, 0.25) is 5.78 Å². The van der Waals surface area contributed by atoms with Crippen LogP contribution < -0.4 is 0 Å². The summed E-state index contributed by atoms with van der Waals surface area (Å²) in [6.07, 6.45) is 7.08. The molecule has 0 aromatic carbocycles. The fourth-order valence-corrected chi connectivity index (χ4v) is 8.18. The number of ether oxygens (including phenoxy) is 2. The third-order valence-corrected chi connectivity index (χ3v) is 9.97. The molecule has 0 unspecified atom stereocenters. The molecule has 3 saturated carbocycles. The lowest BCUT2D eigenvalue weighted by Gasteiger charge is -2.63. The van der Waals surface area contributed by atoms with Crippen LogP contribution in [0.4, 0.5) is 4.39 Å². The molecular formula is C28H39FO6. The number of halogens is 1. The van der Waals surface area contributed by atoms with Gasteiger partial charge >= 0.3 is 11.9 Å². The van der Waals surface area contributed by atoms with E-state index in [0.29, 0.717) is 19.3 Å². The number of hydrogen-bond acceptors (Lipinski definition) is 6. The van der Waals surface area contributed by atoms with Gasteiger partial charge in [0.25, 0.3) is 0 Å². The van der Waals surface area contributed by atoms with E-state index in [1.54, 1.807) is 13.8 Å². The fourth-order valence-electron chi connectivity index (χ4n) is 8.18. The molecule has 0 aromatic rings. The van der Waals surface area contributed by atoms with Crippen molar-refractivity contribution in [1.82, 2.24) is 0 Å². The molecule has 0 saturated heterocycles. The van der Waals surface area contributed by atoms with Crippen LogP contribution in [0, 0.1) is 28.6 Å². The number of alkyl halides is 1. The van der Waals surface area contributed by atoms with E-state index in [2.05, 4.69) is 0 Å². The van der Waals surface area contributed by atoms with Crippen LogP contribution in [0.2, 0.25) is 0 Å². The van der Waals surface area contributed by atoms with E-state index < -0.39 is 64.4 Å². The second kappa shape index (κ2) is 8.82. The first-order valence-electron chi connectivity index (χ1n) is 13.1. The Morgan fingerprint density at radius 1 is 1.14 bits per heavy atom. The summed E-state index contributed by atoms with van der Waals surface area (Å²) in [7, 11) is 0. The highest BCUT2D eigenvalue weighted by molar-refractivity contribution is 5.93. The van der Waals surface area contributed by atoms with E-state index >= 15 is 4.39 Å². The second-order valence-electron chi connectivity index (χ2n) is 11.5. The second-order valence-corrected chi connectivity index (χ2v) is 11.5. The molecule has 6 nitrogen and oxygen atoms in total. The van der Waals surface area contributed by atoms with Crippen molar-refractivity contribution in [3.8, 4) is 0 Å². The molecule has 4 aliphatic carbocycles. The Morgan fingerprint density at radius 3 is 2.49 bits per heavy atom.